The number of nitro groups is 1. The highest BCUT2D eigenvalue weighted by Gasteiger charge is 2.66. The number of phenolic OH excluding ortho intramolecular Hbond substituents is 1. The first kappa shape index (κ1) is 32.1. The second kappa shape index (κ2) is 12.0. The number of carbonyl (C=O) groups excluding carboxylic acids is 4. The SMILES string of the molecule is COc1cc(O)ccc1C1C2=CCC3C(=O)N(c4ccc([N+](=O)[O-])cc4)C(=O)C3C2CC2C(=O)C(c3ccccc3)=CC(=O)C21c1ccccc1. The van der Waals surface area contributed by atoms with Gasteiger partial charge in [-0.1, -0.05) is 78.4 Å². The second-order valence-corrected chi connectivity index (χ2v) is 13.5. The fraction of sp³-hybridized carbons (Fsp3) is 0.220. The number of imide groups is 1. The van der Waals surface area contributed by atoms with E-state index in [2.05, 4.69) is 0 Å². The van der Waals surface area contributed by atoms with Crippen LogP contribution in [0.1, 0.15) is 35.4 Å². The van der Waals surface area contributed by atoms with Crippen LogP contribution in [0.2, 0.25) is 0 Å². The first-order chi connectivity index (χ1) is 24.7. The molecule has 0 aromatic heterocycles. The molecule has 6 unspecified atom stereocenters. The number of ether oxygens (including phenoxy) is 1. The molecule has 6 atom stereocenters. The average Bonchev–Trinajstić information content (AvgIpc) is 3.41. The van der Waals surface area contributed by atoms with Crippen LogP contribution in [0, 0.1) is 33.8 Å². The van der Waals surface area contributed by atoms with Crippen LogP contribution in [-0.4, -0.2) is 40.5 Å². The van der Waals surface area contributed by atoms with E-state index in [4.69, 9.17) is 4.74 Å². The molecular formula is C41H32N2O8. The summed E-state index contributed by atoms with van der Waals surface area (Å²) in [5.41, 5.74) is 1.47. The zero-order valence-corrected chi connectivity index (χ0v) is 27.5. The van der Waals surface area contributed by atoms with Crippen molar-refractivity contribution in [3.8, 4) is 11.5 Å². The molecule has 254 valence electrons. The van der Waals surface area contributed by atoms with E-state index in [9.17, 15) is 24.8 Å². The molecule has 0 bridgehead atoms. The molecule has 2 amide bonds. The molecule has 4 aromatic carbocycles. The van der Waals surface area contributed by atoms with Gasteiger partial charge in [0.25, 0.3) is 5.69 Å². The Balaban J connectivity index is 1.35. The Morgan fingerprint density at radius 3 is 2.22 bits per heavy atom. The summed E-state index contributed by atoms with van der Waals surface area (Å²) >= 11 is 0. The molecule has 3 aliphatic carbocycles. The van der Waals surface area contributed by atoms with Crippen LogP contribution in [0.5, 0.6) is 11.5 Å². The lowest BCUT2D eigenvalue weighted by Crippen LogP contribution is -2.58. The number of hydrogen-bond donors (Lipinski definition) is 1. The number of phenols is 1. The standard InChI is InChI=1S/C41H32N2O8/c1-51-34-20-27(44)16-17-29(34)37-28-18-19-30-36(40(48)42(39(30)47)25-12-14-26(15-13-25)43(49)50)32(28)21-33-38(46)31(23-8-4-2-5-9-23)22-35(45)41(33,37)24-10-6-3-7-11-24/h2-18,20,22,30,32-33,36-37,44H,19,21H2,1H3. The number of nitro benzene ring substituents is 1. The number of Topliss-reactive ketones (excluding diaryl/α,β-unsaturated/α-hetero) is 1. The van der Waals surface area contributed by atoms with E-state index in [1.807, 2.05) is 42.5 Å². The number of ketones is 2. The van der Waals surface area contributed by atoms with E-state index < -0.39 is 51.7 Å². The van der Waals surface area contributed by atoms with E-state index >= 15 is 9.59 Å². The van der Waals surface area contributed by atoms with E-state index in [-0.39, 0.29) is 47.1 Å². The van der Waals surface area contributed by atoms with Crippen molar-refractivity contribution in [2.75, 3.05) is 12.0 Å². The Labute approximate surface area is 292 Å². The number of non-ortho nitro benzene ring substituents is 1. The fourth-order valence-corrected chi connectivity index (χ4v) is 9.13. The molecule has 8 rings (SSSR count). The average molecular weight is 681 g/mol. The topological polar surface area (TPSA) is 144 Å². The molecule has 4 aliphatic rings. The largest absolute Gasteiger partial charge is 0.508 e. The number of carbonyl (C=O) groups is 4. The molecule has 0 radical (unpaired) electrons. The Hall–Kier alpha value is -6.16. The van der Waals surface area contributed by atoms with Crippen molar-refractivity contribution in [2.45, 2.75) is 24.2 Å². The van der Waals surface area contributed by atoms with Crippen LogP contribution in [0.4, 0.5) is 11.4 Å². The van der Waals surface area contributed by atoms with Crippen molar-refractivity contribution in [3.63, 3.8) is 0 Å². The number of amides is 2. The summed E-state index contributed by atoms with van der Waals surface area (Å²) in [5, 5.41) is 21.8. The Morgan fingerprint density at radius 1 is 0.863 bits per heavy atom. The highest BCUT2D eigenvalue weighted by molar-refractivity contribution is 6.32. The van der Waals surface area contributed by atoms with Gasteiger partial charge in [-0.2, -0.15) is 0 Å². The highest BCUT2D eigenvalue weighted by Crippen LogP contribution is 2.64. The van der Waals surface area contributed by atoms with Crippen LogP contribution in [0.25, 0.3) is 5.57 Å². The Bertz CT molecular complexity index is 2190. The fourth-order valence-electron chi connectivity index (χ4n) is 9.13. The number of hydrogen-bond acceptors (Lipinski definition) is 8. The third kappa shape index (κ3) is 4.70. The highest BCUT2D eigenvalue weighted by atomic mass is 16.6. The van der Waals surface area contributed by atoms with E-state index in [1.165, 1.54) is 49.6 Å². The maximum Gasteiger partial charge on any atom is 0.269 e. The lowest BCUT2D eigenvalue weighted by molar-refractivity contribution is -0.384. The maximum absolute atomic E-state index is 15.1. The minimum absolute atomic E-state index is 0.0430. The summed E-state index contributed by atoms with van der Waals surface area (Å²) in [5.74, 6) is -5.02. The molecule has 51 heavy (non-hydrogen) atoms. The number of anilines is 1. The zero-order chi connectivity index (χ0) is 35.6. The Kier molecular flexibility index (Phi) is 7.55. The van der Waals surface area contributed by atoms with Gasteiger partial charge < -0.3 is 9.84 Å². The molecule has 10 nitrogen and oxygen atoms in total. The predicted molar refractivity (Wildman–Crippen MR) is 187 cm³/mol. The predicted octanol–water partition coefficient (Wildman–Crippen LogP) is 6.34. The minimum atomic E-state index is -1.44. The van der Waals surface area contributed by atoms with Gasteiger partial charge in [0.1, 0.15) is 11.5 Å². The van der Waals surface area contributed by atoms with Gasteiger partial charge in [0.15, 0.2) is 11.6 Å². The summed E-state index contributed by atoms with van der Waals surface area (Å²) in [6, 6.07) is 28.2. The quantitative estimate of drug-likeness (QED) is 0.108. The summed E-state index contributed by atoms with van der Waals surface area (Å²) in [6.07, 6.45) is 3.74. The number of allylic oxidation sites excluding steroid dienone is 4. The van der Waals surface area contributed by atoms with Crippen molar-refractivity contribution >= 4 is 40.3 Å². The van der Waals surface area contributed by atoms with Crippen LogP contribution >= 0.6 is 0 Å². The summed E-state index contributed by atoms with van der Waals surface area (Å²) in [4.78, 5) is 70.6. The molecule has 1 saturated carbocycles. The smallest absolute Gasteiger partial charge is 0.269 e. The molecule has 10 heteroatoms. The number of benzene rings is 4. The minimum Gasteiger partial charge on any atom is -0.508 e. The van der Waals surface area contributed by atoms with Crippen LogP contribution in [-0.2, 0) is 24.6 Å². The van der Waals surface area contributed by atoms with Crippen molar-refractivity contribution in [3.05, 3.63) is 148 Å². The molecule has 4 aromatic rings. The van der Waals surface area contributed by atoms with Crippen molar-refractivity contribution < 1.29 is 33.9 Å². The first-order valence-electron chi connectivity index (χ1n) is 16.8. The molecule has 1 saturated heterocycles. The number of rotatable bonds is 6. The normalized spacial score (nSPS) is 26.8. The molecule has 0 spiro atoms. The van der Waals surface area contributed by atoms with Crippen LogP contribution in [0.3, 0.4) is 0 Å². The lowest BCUT2D eigenvalue weighted by Gasteiger charge is -2.55. The van der Waals surface area contributed by atoms with Crippen LogP contribution < -0.4 is 9.64 Å². The summed E-state index contributed by atoms with van der Waals surface area (Å²) < 4.78 is 5.82. The van der Waals surface area contributed by atoms with Gasteiger partial charge in [0, 0.05) is 41.2 Å². The van der Waals surface area contributed by atoms with Crippen molar-refractivity contribution in [1.82, 2.24) is 0 Å². The van der Waals surface area contributed by atoms with E-state index in [0.717, 1.165) is 10.5 Å². The summed E-state index contributed by atoms with van der Waals surface area (Å²) in [7, 11) is 1.47. The summed E-state index contributed by atoms with van der Waals surface area (Å²) in [6.45, 7) is 0. The number of methoxy groups -OCH3 is 1. The third-order valence-electron chi connectivity index (χ3n) is 11.2. The van der Waals surface area contributed by atoms with Gasteiger partial charge in [-0.15, -0.1) is 0 Å². The van der Waals surface area contributed by atoms with Gasteiger partial charge in [-0.25, -0.2) is 0 Å². The van der Waals surface area contributed by atoms with Gasteiger partial charge in [0.05, 0.1) is 35.0 Å². The molecular weight excluding hydrogens is 648 g/mol. The molecule has 1 N–H and O–H groups in total. The van der Waals surface area contributed by atoms with Gasteiger partial charge >= 0.3 is 0 Å². The number of aromatic hydroxyl groups is 1. The maximum atomic E-state index is 15.1. The third-order valence-corrected chi connectivity index (χ3v) is 11.2. The van der Waals surface area contributed by atoms with Crippen LogP contribution in [0.15, 0.2) is 121 Å². The van der Waals surface area contributed by atoms with Gasteiger partial charge in [-0.05, 0) is 54.2 Å². The lowest BCUT2D eigenvalue weighted by atomic mass is 9.44. The second-order valence-electron chi connectivity index (χ2n) is 13.5. The van der Waals surface area contributed by atoms with Gasteiger partial charge in [0.2, 0.25) is 11.8 Å². The van der Waals surface area contributed by atoms with E-state index in [0.29, 0.717) is 22.4 Å². The first-order valence-corrected chi connectivity index (χ1v) is 16.8. The molecule has 1 heterocycles. The van der Waals surface area contributed by atoms with Crippen molar-refractivity contribution in [1.29, 1.82) is 0 Å². The molecule has 2 fully saturated rings. The Morgan fingerprint density at radius 2 is 1.55 bits per heavy atom. The number of nitrogens with zero attached hydrogens (tertiary/aromatic N) is 2. The zero-order valence-electron chi connectivity index (χ0n) is 27.5. The number of fused-ring (bicyclic) bond motifs is 4. The van der Waals surface area contributed by atoms with Gasteiger partial charge in [-0.3, -0.25) is 34.2 Å². The van der Waals surface area contributed by atoms with Crippen molar-refractivity contribution in [2.24, 2.45) is 23.7 Å². The monoisotopic (exact) mass is 680 g/mol. The van der Waals surface area contributed by atoms with E-state index in [1.54, 1.807) is 30.3 Å². The molecule has 1 aliphatic heterocycles.